The van der Waals surface area contributed by atoms with E-state index in [2.05, 4.69) is 34.2 Å². The number of rotatable bonds is 3. The fourth-order valence-corrected chi connectivity index (χ4v) is 9.11. The largest absolute Gasteiger partial charge is 0.463 e. The Hall–Kier alpha value is -2.71. The zero-order valence-electron chi connectivity index (χ0n) is 24.4. The van der Waals surface area contributed by atoms with Gasteiger partial charge in [-0.2, -0.15) is 5.26 Å². The number of amidine groups is 1. The molecule has 1 aliphatic carbocycles. The average molecular weight is 577 g/mol. The summed E-state index contributed by atoms with van der Waals surface area (Å²) in [5, 5.41) is 13.8. The zero-order valence-corrected chi connectivity index (χ0v) is 24.4. The molecule has 9 nitrogen and oxygen atoms in total. The van der Waals surface area contributed by atoms with Gasteiger partial charge in [-0.05, 0) is 56.2 Å². The molecule has 224 valence electrons. The molecule has 1 unspecified atom stereocenters. The van der Waals surface area contributed by atoms with E-state index in [-0.39, 0.29) is 11.7 Å². The van der Waals surface area contributed by atoms with E-state index >= 15 is 0 Å². The van der Waals surface area contributed by atoms with Crippen molar-refractivity contribution in [3.63, 3.8) is 0 Å². The summed E-state index contributed by atoms with van der Waals surface area (Å²) >= 11 is 0. The van der Waals surface area contributed by atoms with E-state index < -0.39 is 11.8 Å². The van der Waals surface area contributed by atoms with Gasteiger partial charge in [0.05, 0.1) is 24.3 Å². The van der Waals surface area contributed by atoms with Crippen LogP contribution in [0.2, 0.25) is 0 Å². The molecule has 6 aliphatic heterocycles. The molecule has 42 heavy (non-hydrogen) atoms. The minimum atomic E-state index is -0.797. The number of aliphatic imine (C=N–C) groups is 1. The standard InChI is InChI=1S/C32H41FN6O3/c1-19-5-8-32(28-22(19)3-4-25(35)23(28)13-34)12-26-24(17-42-32)29(39-14-20-16-40-10-6-27(20)39)37-30(36-26)41-18-31-7-2-9-38(31)15-21(33)11-31/h3-4,19-21,27,29H,2,5-12,14-18,35H2,1H3,(H,36,37)/t19-,20-,21+,27+,29?,31-,32-/m0/s1. The van der Waals surface area contributed by atoms with E-state index in [1.165, 1.54) is 0 Å². The number of nitriles is 1. The van der Waals surface area contributed by atoms with Crippen LogP contribution >= 0.6 is 0 Å². The van der Waals surface area contributed by atoms with Crippen LogP contribution in [0.1, 0.15) is 74.5 Å². The Morgan fingerprint density at radius 2 is 2.19 bits per heavy atom. The first-order valence-electron chi connectivity index (χ1n) is 15.8. The second kappa shape index (κ2) is 9.91. The lowest BCUT2D eigenvalue weighted by molar-refractivity contribution is -0.112. The van der Waals surface area contributed by atoms with Crippen molar-refractivity contribution in [1.29, 1.82) is 5.26 Å². The van der Waals surface area contributed by atoms with E-state index in [4.69, 9.17) is 24.9 Å². The third kappa shape index (κ3) is 4.04. The quantitative estimate of drug-likeness (QED) is 0.527. The van der Waals surface area contributed by atoms with Crippen molar-refractivity contribution in [2.75, 3.05) is 51.8 Å². The Bertz CT molecular complexity index is 1390. The number of anilines is 1. The fourth-order valence-electron chi connectivity index (χ4n) is 9.11. The number of nitrogens with two attached hydrogens (primary N) is 1. The highest BCUT2D eigenvalue weighted by Crippen LogP contribution is 2.52. The van der Waals surface area contributed by atoms with Gasteiger partial charge in [0, 0.05) is 67.0 Å². The summed E-state index contributed by atoms with van der Waals surface area (Å²) in [7, 11) is 0. The van der Waals surface area contributed by atoms with Gasteiger partial charge in [0.1, 0.15) is 30.6 Å². The summed E-state index contributed by atoms with van der Waals surface area (Å²) in [6.45, 7) is 7.04. The molecule has 1 spiro atoms. The second-order valence-electron chi connectivity index (χ2n) is 13.7. The summed E-state index contributed by atoms with van der Waals surface area (Å²) < 4.78 is 33.6. The lowest BCUT2D eigenvalue weighted by Gasteiger charge is -2.55. The molecule has 0 amide bonds. The number of halogens is 1. The Kier molecular flexibility index (Phi) is 6.34. The van der Waals surface area contributed by atoms with E-state index in [1.807, 2.05) is 6.07 Å². The number of nitrogens with one attached hydrogen (secondary N) is 1. The first-order valence-corrected chi connectivity index (χ1v) is 15.8. The molecule has 10 heteroatoms. The van der Waals surface area contributed by atoms with Crippen LogP contribution in [0.4, 0.5) is 10.1 Å². The molecule has 0 radical (unpaired) electrons. The van der Waals surface area contributed by atoms with Crippen LogP contribution in [0.15, 0.2) is 28.4 Å². The Balaban J connectivity index is 1.13. The summed E-state index contributed by atoms with van der Waals surface area (Å²) in [6.07, 6.45) is 5.00. The van der Waals surface area contributed by atoms with Crippen LogP contribution in [0.25, 0.3) is 0 Å². The lowest BCUT2D eigenvalue weighted by Crippen LogP contribution is -2.65. The summed E-state index contributed by atoms with van der Waals surface area (Å²) in [4.78, 5) is 9.92. The molecule has 6 heterocycles. The third-order valence-electron chi connectivity index (χ3n) is 11.4. The van der Waals surface area contributed by atoms with Crippen LogP contribution in [-0.2, 0) is 19.8 Å². The molecule has 3 N–H and O–H groups in total. The smallest absolute Gasteiger partial charge is 0.290 e. The summed E-state index contributed by atoms with van der Waals surface area (Å²) in [6, 6.07) is 7.30. The Morgan fingerprint density at radius 3 is 3.05 bits per heavy atom. The number of ether oxygens (including phenoxy) is 3. The Labute approximate surface area is 246 Å². The van der Waals surface area contributed by atoms with E-state index in [1.54, 1.807) is 0 Å². The first kappa shape index (κ1) is 26.9. The molecular formula is C32H41FN6O3. The van der Waals surface area contributed by atoms with Crippen LogP contribution in [-0.4, -0.2) is 85.8 Å². The van der Waals surface area contributed by atoms with Crippen molar-refractivity contribution in [3.8, 4) is 6.07 Å². The molecule has 7 aliphatic rings. The maximum absolute atomic E-state index is 14.5. The second-order valence-corrected chi connectivity index (χ2v) is 13.7. The molecule has 8 rings (SSSR count). The topological polar surface area (TPSA) is 108 Å². The SMILES string of the molecule is C[C@H]1CC[C@]2(CC3=C(CO2)C(N2C[C@H]4COCC[C@H]42)N=C(OC[C@@]24CCCN2C[C@H](F)C4)N3)c2c1ccc(N)c2C#N. The predicted molar refractivity (Wildman–Crippen MR) is 155 cm³/mol. The zero-order chi connectivity index (χ0) is 28.6. The van der Waals surface area contributed by atoms with Gasteiger partial charge in [0.2, 0.25) is 0 Å². The first-order chi connectivity index (χ1) is 20.4. The summed E-state index contributed by atoms with van der Waals surface area (Å²) in [5.74, 6) is 0.864. The van der Waals surface area contributed by atoms with Crippen molar-refractivity contribution < 1.29 is 18.6 Å². The minimum Gasteiger partial charge on any atom is -0.463 e. The van der Waals surface area contributed by atoms with Gasteiger partial charge >= 0.3 is 0 Å². The number of nitrogens with zero attached hydrogens (tertiary/aromatic N) is 4. The number of benzene rings is 1. The van der Waals surface area contributed by atoms with Crippen LogP contribution in [0, 0.1) is 17.2 Å². The number of nitrogen functional groups attached to an aromatic ring is 1. The van der Waals surface area contributed by atoms with Gasteiger partial charge in [0.15, 0.2) is 0 Å². The van der Waals surface area contributed by atoms with E-state index in [0.29, 0.717) is 67.8 Å². The third-order valence-corrected chi connectivity index (χ3v) is 11.4. The highest BCUT2D eigenvalue weighted by atomic mass is 19.1. The van der Waals surface area contributed by atoms with Gasteiger partial charge in [0.25, 0.3) is 6.02 Å². The highest BCUT2D eigenvalue weighted by molar-refractivity contribution is 5.78. The van der Waals surface area contributed by atoms with Gasteiger partial charge in [-0.3, -0.25) is 9.80 Å². The molecule has 0 aromatic heterocycles. The van der Waals surface area contributed by atoms with Gasteiger partial charge in [-0.1, -0.05) is 13.0 Å². The van der Waals surface area contributed by atoms with Crippen molar-refractivity contribution in [2.24, 2.45) is 10.9 Å². The van der Waals surface area contributed by atoms with Gasteiger partial charge < -0.3 is 25.3 Å². The summed E-state index contributed by atoms with van der Waals surface area (Å²) in [5.41, 5.74) is 10.8. The minimum absolute atomic E-state index is 0.166. The van der Waals surface area contributed by atoms with Crippen molar-refractivity contribution in [1.82, 2.24) is 15.1 Å². The molecular weight excluding hydrogens is 535 g/mol. The monoisotopic (exact) mass is 576 g/mol. The molecule has 0 saturated carbocycles. The predicted octanol–water partition coefficient (Wildman–Crippen LogP) is 3.51. The molecule has 1 aromatic rings. The molecule has 4 fully saturated rings. The highest BCUT2D eigenvalue weighted by Gasteiger charge is 2.52. The van der Waals surface area contributed by atoms with Gasteiger partial charge in [-0.15, -0.1) is 0 Å². The van der Waals surface area contributed by atoms with Crippen LogP contribution in [0.3, 0.4) is 0 Å². The number of fused-ring (bicyclic) bond motifs is 4. The maximum Gasteiger partial charge on any atom is 0.290 e. The molecule has 1 aromatic carbocycles. The molecule has 0 bridgehead atoms. The van der Waals surface area contributed by atoms with Crippen molar-refractivity contribution >= 4 is 11.7 Å². The van der Waals surface area contributed by atoms with E-state index in [0.717, 1.165) is 80.8 Å². The maximum atomic E-state index is 14.5. The van der Waals surface area contributed by atoms with Crippen LogP contribution < -0.4 is 11.1 Å². The number of hydrogen-bond donors (Lipinski definition) is 2. The number of likely N-dealkylation sites (tertiary alicyclic amines) is 1. The molecule has 4 saturated heterocycles. The average Bonchev–Trinajstić information content (AvgIpc) is 3.50. The number of hydrogen-bond acceptors (Lipinski definition) is 9. The van der Waals surface area contributed by atoms with Gasteiger partial charge in [-0.25, -0.2) is 9.38 Å². The van der Waals surface area contributed by atoms with Crippen LogP contribution in [0.5, 0.6) is 0 Å². The Morgan fingerprint density at radius 1 is 1.29 bits per heavy atom. The normalized spacial score (nSPS) is 39.4. The fraction of sp³-hybridized carbons (Fsp3) is 0.688. The number of alkyl halides is 1. The lowest BCUT2D eigenvalue weighted by atomic mass is 9.69. The van der Waals surface area contributed by atoms with Crippen molar-refractivity contribution in [3.05, 3.63) is 40.1 Å². The van der Waals surface area contributed by atoms with E-state index in [9.17, 15) is 9.65 Å². The molecule has 7 atom stereocenters. The van der Waals surface area contributed by atoms with Crippen molar-refractivity contribution in [2.45, 2.75) is 87.3 Å².